The van der Waals surface area contributed by atoms with E-state index in [1.807, 2.05) is 11.9 Å². The van der Waals surface area contributed by atoms with Gasteiger partial charge in [-0.2, -0.15) is 0 Å². The molecule has 2 aliphatic heterocycles. The van der Waals surface area contributed by atoms with Gasteiger partial charge in [0.1, 0.15) is 23.4 Å². The zero-order valence-electron chi connectivity index (χ0n) is 16.9. The minimum absolute atomic E-state index is 0.0444. The largest absolute Gasteiger partial charge is 0.503 e. The van der Waals surface area contributed by atoms with Gasteiger partial charge in [0.2, 0.25) is 5.43 Å². The molecular formula is C21H22F2N4O4. The lowest BCUT2D eigenvalue weighted by molar-refractivity contribution is 0.0304. The number of amides is 2. The molecule has 1 unspecified atom stereocenters. The third kappa shape index (κ3) is 3.78. The number of pyridine rings is 1. The Hall–Kier alpha value is -3.27. The van der Waals surface area contributed by atoms with Crippen LogP contribution in [0.15, 0.2) is 29.2 Å². The fourth-order valence-electron chi connectivity index (χ4n) is 4.08. The number of aromatic hydroxyl groups is 1. The lowest BCUT2D eigenvalue weighted by Crippen LogP contribution is -2.55. The number of carbonyl (C=O) groups excluding carboxylic acids is 2. The summed E-state index contributed by atoms with van der Waals surface area (Å²) in [6.45, 7) is 1.34. The molecule has 164 valence electrons. The Kier molecular flexibility index (Phi) is 5.48. The van der Waals surface area contributed by atoms with Gasteiger partial charge in [0, 0.05) is 30.9 Å². The average Bonchev–Trinajstić information content (AvgIpc) is 2.91. The molecular weight excluding hydrogens is 410 g/mol. The fraction of sp³-hybridized carbons (Fsp3) is 0.381. The summed E-state index contributed by atoms with van der Waals surface area (Å²) >= 11 is 0. The predicted molar refractivity (Wildman–Crippen MR) is 107 cm³/mol. The molecule has 1 aromatic carbocycles. The molecule has 0 aliphatic carbocycles. The summed E-state index contributed by atoms with van der Waals surface area (Å²) in [4.78, 5) is 41.9. The van der Waals surface area contributed by atoms with E-state index in [4.69, 9.17) is 0 Å². The fourth-order valence-corrected chi connectivity index (χ4v) is 4.08. The van der Waals surface area contributed by atoms with Crippen LogP contribution in [-0.2, 0) is 13.1 Å². The van der Waals surface area contributed by atoms with Crippen LogP contribution in [0.5, 0.6) is 5.75 Å². The summed E-state index contributed by atoms with van der Waals surface area (Å²) in [5, 5.41) is 12.9. The van der Waals surface area contributed by atoms with E-state index >= 15 is 0 Å². The van der Waals surface area contributed by atoms with E-state index < -0.39 is 34.6 Å². The third-order valence-corrected chi connectivity index (χ3v) is 5.81. The number of benzene rings is 1. The lowest BCUT2D eigenvalue weighted by Gasteiger charge is -2.40. The maximum absolute atomic E-state index is 13.8. The van der Waals surface area contributed by atoms with E-state index in [2.05, 4.69) is 5.32 Å². The zero-order chi connectivity index (χ0) is 22.3. The SMILES string of the molecule is CN1CCCCN2C(=O)c3c(O)c(=O)c(C(=O)NCc4ccc(F)cc4F)cn3CC12. The van der Waals surface area contributed by atoms with Gasteiger partial charge in [0.15, 0.2) is 11.4 Å². The highest BCUT2D eigenvalue weighted by Crippen LogP contribution is 2.27. The summed E-state index contributed by atoms with van der Waals surface area (Å²) in [5.41, 5.74) is -1.43. The highest BCUT2D eigenvalue weighted by molar-refractivity contribution is 5.99. The molecule has 31 heavy (non-hydrogen) atoms. The van der Waals surface area contributed by atoms with Crippen molar-refractivity contribution in [3.8, 4) is 5.75 Å². The minimum Gasteiger partial charge on any atom is -0.503 e. The molecule has 2 amide bonds. The number of fused-ring (bicyclic) bond motifs is 2. The molecule has 1 aromatic heterocycles. The molecule has 10 heteroatoms. The molecule has 0 spiro atoms. The Balaban J connectivity index is 1.63. The summed E-state index contributed by atoms with van der Waals surface area (Å²) in [5.74, 6) is -3.64. The number of carbonyl (C=O) groups is 2. The van der Waals surface area contributed by atoms with E-state index in [0.29, 0.717) is 12.6 Å². The molecule has 8 nitrogen and oxygen atoms in total. The Labute approximate surface area is 176 Å². The first-order valence-corrected chi connectivity index (χ1v) is 9.97. The summed E-state index contributed by atoms with van der Waals surface area (Å²) < 4.78 is 28.3. The van der Waals surface area contributed by atoms with Gasteiger partial charge in [0.05, 0.1) is 6.54 Å². The molecule has 3 heterocycles. The van der Waals surface area contributed by atoms with E-state index in [9.17, 15) is 28.3 Å². The smallest absolute Gasteiger partial charge is 0.275 e. The molecule has 0 bridgehead atoms. The van der Waals surface area contributed by atoms with Crippen LogP contribution in [0.2, 0.25) is 0 Å². The van der Waals surface area contributed by atoms with Gasteiger partial charge in [-0.15, -0.1) is 0 Å². The van der Waals surface area contributed by atoms with Crippen molar-refractivity contribution in [3.63, 3.8) is 0 Å². The maximum Gasteiger partial charge on any atom is 0.275 e. The van der Waals surface area contributed by atoms with Crippen LogP contribution in [-0.4, -0.2) is 57.6 Å². The second kappa shape index (κ2) is 8.10. The number of hydrogen-bond acceptors (Lipinski definition) is 5. The normalized spacial score (nSPS) is 18.9. The van der Waals surface area contributed by atoms with Crippen molar-refractivity contribution in [2.75, 3.05) is 20.1 Å². The van der Waals surface area contributed by atoms with Crippen molar-refractivity contribution in [1.82, 2.24) is 19.7 Å². The Morgan fingerprint density at radius 3 is 2.71 bits per heavy atom. The molecule has 1 fully saturated rings. The standard InChI is InChI=1S/C21H22F2N4O4/c1-25-6-2-3-7-27-16(25)11-26-10-14(18(28)19(29)17(26)21(27)31)20(30)24-9-12-4-5-13(22)8-15(12)23/h4-5,8,10,16,29H,2-3,6-7,9,11H2,1H3,(H,24,30). The first-order chi connectivity index (χ1) is 14.8. The summed E-state index contributed by atoms with van der Waals surface area (Å²) in [6, 6.07) is 2.95. The first kappa shape index (κ1) is 21.0. The minimum atomic E-state index is -0.974. The summed E-state index contributed by atoms with van der Waals surface area (Å²) in [6.07, 6.45) is 2.73. The number of nitrogens with one attached hydrogen (secondary N) is 1. The zero-order valence-corrected chi connectivity index (χ0v) is 16.9. The highest BCUT2D eigenvalue weighted by Gasteiger charge is 2.38. The van der Waals surface area contributed by atoms with Crippen molar-refractivity contribution < 1.29 is 23.5 Å². The molecule has 0 saturated carbocycles. The van der Waals surface area contributed by atoms with Crippen molar-refractivity contribution in [3.05, 3.63) is 63.1 Å². The Morgan fingerprint density at radius 1 is 1.23 bits per heavy atom. The quantitative estimate of drug-likeness (QED) is 0.762. The molecule has 1 atom stereocenters. The van der Waals surface area contributed by atoms with Crippen LogP contribution in [0, 0.1) is 11.6 Å². The predicted octanol–water partition coefficient (Wildman–Crippen LogP) is 1.27. The molecule has 1 saturated heterocycles. The topological polar surface area (TPSA) is 94.9 Å². The molecule has 2 aliphatic rings. The number of hydrogen-bond donors (Lipinski definition) is 2. The molecule has 2 aromatic rings. The van der Waals surface area contributed by atoms with Crippen LogP contribution >= 0.6 is 0 Å². The number of rotatable bonds is 3. The van der Waals surface area contributed by atoms with Crippen LogP contribution in [0.1, 0.15) is 39.3 Å². The van der Waals surface area contributed by atoms with Gasteiger partial charge in [0.25, 0.3) is 11.8 Å². The van der Waals surface area contributed by atoms with Gasteiger partial charge in [-0.1, -0.05) is 6.07 Å². The lowest BCUT2D eigenvalue weighted by atomic mass is 10.1. The number of aromatic nitrogens is 1. The monoisotopic (exact) mass is 432 g/mol. The van der Waals surface area contributed by atoms with Gasteiger partial charge >= 0.3 is 0 Å². The number of likely N-dealkylation sites (N-methyl/N-ethyl adjacent to an activating group) is 1. The van der Waals surface area contributed by atoms with Crippen molar-refractivity contribution in [1.29, 1.82) is 0 Å². The Morgan fingerprint density at radius 2 is 1.97 bits per heavy atom. The van der Waals surface area contributed by atoms with Gasteiger partial charge in [-0.05, 0) is 32.5 Å². The van der Waals surface area contributed by atoms with E-state index in [1.54, 1.807) is 4.90 Å². The van der Waals surface area contributed by atoms with Crippen LogP contribution in [0.3, 0.4) is 0 Å². The van der Waals surface area contributed by atoms with Gasteiger partial charge in [-0.3, -0.25) is 19.3 Å². The molecule has 0 radical (unpaired) electrons. The third-order valence-electron chi connectivity index (χ3n) is 5.81. The highest BCUT2D eigenvalue weighted by atomic mass is 19.1. The van der Waals surface area contributed by atoms with Gasteiger partial charge in [-0.25, -0.2) is 8.78 Å². The molecule has 2 N–H and O–H groups in total. The second-order valence-corrected chi connectivity index (χ2v) is 7.81. The first-order valence-electron chi connectivity index (χ1n) is 9.97. The summed E-state index contributed by atoms with van der Waals surface area (Å²) in [7, 11) is 1.90. The number of halogens is 2. The van der Waals surface area contributed by atoms with Crippen molar-refractivity contribution in [2.45, 2.75) is 32.1 Å². The van der Waals surface area contributed by atoms with Gasteiger partial charge < -0.3 is 19.9 Å². The second-order valence-electron chi connectivity index (χ2n) is 7.81. The van der Waals surface area contributed by atoms with E-state index in [1.165, 1.54) is 16.8 Å². The van der Waals surface area contributed by atoms with E-state index in [0.717, 1.165) is 25.5 Å². The maximum atomic E-state index is 13.8. The van der Waals surface area contributed by atoms with Crippen LogP contribution in [0.4, 0.5) is 8.78 Å². The molecule has 4 rings (SSSR count). The van der Waals surface area contributed by atoms with Crippen molar-refractivity contribution >= 4 is 11.8 Å². The van der Waals surface area contributed by atoms with E-state index in [-0.39, 0.29) is 36.1 Å². The number of nitrogens with zero attached hydrogens (tertiary/aromatic N) is 3. The van der Waals surface area contributed by atoms with Crippen molar-refractivity contribution in [2.24, 2.45) is 0 Å². The average molecular weight is 432 g/mol. The van der Waals surface area contributed by atoms with Crippen LogP contribution < -0.4 is 10.7 Å². The van der Waals surface area contributed by atoms with Crippen LogP contribution in [0.25, 0.3) is 0 Å². The Bertz CT molecular complexity index is 1120.